The smallest absolute Gasteiger partial charge is 0.249 e. The fourth-order valence-electron chi connectivity index (χ4n) is 3.31. The molecule has 0 radical (unpaired) electrons. The topological polar surface area (TPSA) is 38.8 Å². The third-order valence-electron chi connectivity index (χ3n) is 4.32. The Bertz CT molecular complexity index is 594. The second kappa shape index (κ2) is 6.42. The molecule has 1 unspecified atom stereocenters. The molecule has 2 aliphatic rings. The van der Waals surface area contributed by atoms with E-state index in [1.54, 1.807) is 0 Å². The Morgan fingerprint density at radius 1 is 1.36 bits per heavy atom. The molecule has 3 rings (SSSR count). The fourth-order valence-corrected chi connectivity index (χ4v) is 3.31. The summed E-state index contributed by atoms with van der Waals surface area (Å²) < 4.78 is 11.5. The molecule has 1 aromatic carbocycles. The van der Waals surface area contributed by atoms with E-state index in [-0.39, 0.29) is 11.9 Å². The van der Waals surface area contributed by atoms with Crippen LogP contribution in [0.15, 0.2) is 29.8 Å². The molecule has 1 aromatic rings. The standard InChI is InChI=1S/C18H23NO3/c1-3-6-13(2)18(20)19-10-5-8-15(19)14-7-4-9-16-17(14)22-12-11-21-16/h4,6-7,9,15H,3,5,8,10-12H2,1-2H3. The summed E-state index contributed by atoms with van der Waals surface area (Å²) in [6.45, 7) is 5.92. The number of para-hydroxylation sites is 1. The van der Waals surface area contributed by atoms with E-state index in [0.29, 0.717) is 13.2 Å². The van der Waals surface area contributed by atoms with Crippen molar-refractivity contribution >= 4 is 5.91 Å². The van der Waals surface area contributed by atoms with Crippen molar-refractivity contribution in [1.29, 1.82) is 0 Å². The van der Waals surface area contributed by atoms with E-state index < -0.39 is 0 Å². The van der Waals surface area contributed by atoms with Gasteiger partial charge < -0.3 is 14.4 Å². The maximum absolute atomic E-state index is 12.7. The average molecular weight is 301 g/mol. The molecule has 118 valence electrons. The van der Waals surface area contributed by atoms with Crippen LogP contribution >= 0.6 is 0 Å². The summed E-state index contributed by atoms with van der Waals surface area (Å²) >= 11 is 0. The predicted molar refractivity (Wildman–Crippen MR) is 85.2 cm³/mol. The lowest BCUT2D eigenvalue weighted by Crippen LogP contribution is -2.31. The van der Waals surface area contributed by atoms with E-state index in [1.165, 1.54) is 0 Å². The van der Waals surface area contributed by atoms with Crippen molar-refractivity contribution in [3.63, 3.8) is 0 Å². The molecule has 1 atom stereocenters. The molecule has 0 bridgehead atoms. The summed E-state index contributed by atoms with van der Waals surface area (Å²) in [7, 11) is 0. The van der Waals surface area contributed by atoms with E-state index in [1.807, 2.05) is 30.0 Å². The summed E-state index contributed by atoms with van der Waals surface area (Å²) in [5.41, 5.74) is 1.91. The molecule has 4 heteroatoms. The number of rotatable bonds is 3. The zero-order valence-electron chi connectivity index (χ0n) is 13.3. The number of fused-ring (bicyclic) bond motifs is 1. The van der Waals surface area contributed by atoms with Crippen molar-refractivity contribution in [3.05, 3.63) is 35.4 Å². The zero-order valence-corrected chi connectivity index (χ0v) is 13.3. The quantitative estimate of drug-likeness (QED) is 0.802. The van der Waals surface area contributed by atoms with Gasteiger partial charge in [-0.15, -0.1) is 0 Å². The van der Waals surface area contributed by atoms with Crippen LogP contribution in [0.3, 0.4) is 0 Å². The number of nitrogens with zero attached hydrogens (tertiary/aromatic N) is 1. The molecule has 1 saturated heterocycles. The number of carbonyl (C=O) groups is 1. The van der Waals surface area contributed by atoms with Gasteiger partial charge in [-0.05, 0) is 32.3 Å². The van der Waals surface area contributed by atoms with Crippen LogP contribution in [0, 0.1) is 0 Å². The minimum absolute atomic E-state index is 0.0874. The number of amides is 1. The Labute approximate surface area is 131 Å². The van der Waals surface area contributed by atoms with Crippen molar-refractivity contribution in [2.45, 2.75) is 39.2 Å². The number of benzene rings is 1. The third kappa shape index (κ3) is 2.70. The first-order valence-corrected chi connectivity index (χ1v) is 8.08. The van der Waals surface area contributed by atoms with Gasteiger partial charge in [-0.3, -0.25) is 4.79 Å². The first kappa shape index (κ1) is 14.9. The molecule has 1 amide bonds. The molecule has 1 fully saturated rings. The summed E-state index contributed by atoms with van der Waals surface area (Å²) in [6.07, 6.45) is 4.89. The predicted octanol–water partition coefficient (Wildman–Crippen LogP) is 3.48. The van der Waals surface area contributed by atoms with Gasteiger partial charge in [0.05, 0.1) is 6.04 Å². The second-order valence-corrected chi connectivity index (χ2v) is 5.82. The summed E-state index contributed by atoms with van der Waals surface area (Å²) in [5.74, 6) is 1.75. The van der Waals surface area contributed by atoms with Gasteiger partial charge in [-0.2, -0.15) is 0 Å². The molecule has 0 saturated carbocycles. The number of carbonyl (C=O) groups excluding carboxylic acids is 1. The molecule has 0 spiro atoms. The normalized spacial score (nSPS) is 21.1. The van der Waals surface area contributed by atoms with Gasteiger partial charge in [0.25, 0.3) is 0 Å². The van der Waals surface area contributed by atoms with E-state index in [9.17, 15) is 4.79 Å². The van der Waals surface area contributed by atoms with Crippen LogP contribution in [-0.4, -0.2) is 30.6 Å². The van der Waals surface area contributed by atoms with Gasteiger partial charge in [-0.25, -0.2) is 0 Å². The maximum Gasteiger partial charge on any atom is 0.249 e. The fraction of sp³-hybridized carbons (Fsp3) is 0.500. The SMILES string of the molecule is CCC=C(C)C(=O)N1CCCC1c1cccc2c1OCCO2. The van der Waals surface area contributed by atoms with Gasteiger partial charge in [0.15, 0.2) is 11.5 Å². The zero-order chi connectivity index (χ0) is 15.5. The van der Waals surface area contributed by atoms with Crippen LogP contribution in [0.4, 0.5) is 0 Å². The number of allylic oxidation sites excluding steroid dienone is 1. The van der Waals surface area contributed by atoms with Crippen LogP contribution in [-0.2, 0) is 4.79 Å². The number of likely N-dealkylation sites (tertiary alicyclic amines) is 1. The minimum atomic E-state index is 0.0874. The Morgan fingerprint density at radius 2 is 2.18 bits per heavy atom. The highest BCUT2D eigenvalue weighted by atomic mass is 16.6. The molecule has 0 aromatic heterocycles. The molecule has 2 aliphatic heterocycles. The Balaban J connectivity index is 1.91. The lowest BCUT2D eigenvalue weighted by Gasteiger charge is -2.29. The van der Waals surface area contributed by atoms with Crippen molar-refractivity contribution in [3.8, 4) is 11.5 Å². The summed E-state index contributed by atoms with van der Waals surface area (Å²) in [4.78, 5) is 14.7. The van der Waals surface area contributed by atoms with Gasteiger partial charge in [0, 0.05) is 17.7 Å². The highest BCUT2D eigenvalue weighted by molar-refractivity contribution is 5.93. The van der Waals surface area contributed by atoms with Gasteiger partial charge in [-0.1, -0.05) is 25.1 Å². The van der Waals surface area contributed by atoms with Crippen molar-refractivity contribution in [2.24, 2.45) is 0 Å². The first-order valence-electron chi connectivity index (χ1n) is 8.08. The second-order valence-electron chi connectivity index (χ2n) is 5.82. The van der Waals surface area contributed by atoms with Crippen molar-refractivity contribution in [1.82, 2.24) is 4.90 Å². The molecule has 4 nitrogen and oxygen atoms in total. The minimum Gasteiger partial charge on any atom is -0.486 e. The van der Waals surface area contributed by atoms with Crippen LogP contribution in [0.5, 0.6) is 11.5 Å². The molecule has 0 aliphatic carbocycles. The Morgan fingerprint density at radius 3 is 3.00 bits per heavy atom. The van der Waals surface area contributed by atoms with E-state index >= 15 is 0 Å². The number of hydrogen-bond donors (Lipinski definition) is 0. The third-order valence-corrected chi connectivity index (χ3v) is 4.32. The molecule has 2 heterocycles. The number of hydrogen-bond acceptors (Lipinski definition) is 3. The Kier molecular flexibility index (Phi) is 4.36. The van der Waals surface area contributed by atoms with Crippen LogP contribution in [0.1, 0.15) is 44.7 Å². The number of ether oxygens (including phenoxy) is 2. The largest absolute Gasteiger partial charge is 0.486 e. The van der Waals surface area contributed by atoms with Gasteiger partial charge in [0.2, 0.25) is 5.91 Å². The van der Waals surface area contributed by atoms with E-state index in [2.05, 4.69) is 13.0 Å². The van der Waals surface area contributed by atoms with Crippen molar-refractivity contribution < 1.29 is 14.3 Å². The van der Waals surface area contributed by atoms with Gasteiger partial charge >= 0.3 is 0 Å². The van der Waals surface area contributed by atoms with Crippen LogP contribution in [0.2, 0.25) is 0 Å². The van der Waals surface area contributed by atoms with Crippen LogP contribution in [0.25, 0.3) is 0 Å². The highest BCUT2D eigenvalue weighted by Gasteiger charge is 2.33. The highest BCUT2D eigenvalue weighted by Crippen LogP contribution is 2.43. The molecule has 22 heavy (non-hydrogen) atoms. The summed E-state index contributed by atoms with van der Waals surface area (Å²) in [5, 5.41) is 0. The average Bonchev–Trinajstić information content (AvgIpc) is 3.03. The first-order chi connectivity index (χ1) is 10.7. The molecular formula is C18H23NO3. The van der Waals surface area contributed by atoms with E-state index in [0.717, 1.165) is 48.4 Å². The van der Waals surface area contributed by atoms with Gasteiger partial charge in [0.1, 0.15) is 13.2 Å². The Hall–Kier alpha value is -1.97. The lowest BCUT2D eigenvalue weighted by molar-refractivity contribution is -0.128. The lowest BCUT2D eigenvalue weighted by atomic mass is 10.0. The molecule has 0 N–H and O–H groups in total. The van der Waals surface area contributed by atoms with E-state index in [4.69, 9.17) is 9.47 Å². The van der Waals surface area contributed by atoms with Crippen molar-refractivity contribution in [2.75, 3.05) is 19.8 Å². The maximum atomic E-state index is 12.7. The summed E-state index contributed by atoms with van der Waals surface area (Å²) in [6, 6.07) is 6.06. The molecular weight excluding hydrogens is 278 g/mol. The monoisotopic (exact) mass is 301 g/mol. The van der Waals surface area contributed by atoms with Crippen LogP contribution < -0.4 is 9.47 Å².